The highest BCUT2D eigenvalue weighted by atomic mass is 16.2. The van der Waals surface area contributed by atoms with Crippen LogP contribution < -0.4 is 16.2 Å². The topological polar surface area (TPSA) is 56.4 Å². The first-order valence-electron chi connectivity index (χ1n) is 9.28. The third kappa shape index (κ3) is 3.34. The first kappa shape index (κ1) is 16.1. The second-order valence-corrected chi connectivity index (χ2v) is 7.63. The molecule has 3 unspecified atom stereocenters. The van der Waals surface area contributed by atoms with Gasteiger partial charge in [0.25, 0.3) is 5.91 Å². The lowest BCUT2D eigenvalue weighted by Crippen LogP contribution is -2.41. The Morgan fingerprint density at radius 3 is 2.79 bits per heavy atom. The van der Waals surface area contributed by atoms with Crippen LogP contribution in [0.15, 0.2) is 24.3 Å². The van der Waals surface area contributed by atoms with Crippen LogP contribution in [0.25, 0.3) is 0 Å². The molecule has 0 bridgehead atoms. The van der Waals surface area contributed by atoms with Gasteiger partial charge in [0.1, 0.15) is 0 Å². The highest BCUT2D eigenvalue weighted by Gasteiger charge is 2.37. The zero-order chi connectivity index (χ0) is 16.5. The van der Waals surface area contributed by atoms with Crippen LogP contribution in [0.4, 0.5) is 0 Å². The fourth-order valence-electron chi connectivity index (χ4n) is 4.17. The molecular formula is C19H28N4O. The summed E-state index contributed by atoms with van der Waals surface area (Å²) in [5.41, 5.74) is 8.87. The van der Waals surface area contributed by atoms with Crippen molar-refractivity contribution in [3.63, 3.8) is 0 Å². The van der Waals surface area contributed by atoms with Crippen LogP contribution in [0.1, 0.15) is 47.5 Å². The van der Waals surface area contributed by atoms with Crippen molar-refractivity contribution in [2.45, 2.75) is 43.7 Å². The van der Waals surface area contributed by atoms with Crippen molar-refractivity contribution in [3.05, 3.63) is 35.4 Å². The van der Waals surface area contributed by atoms with E-state index in [4.69, 9.17) is 0 Å². The molecule has 4 rings (SSSR count). The Bertz CT molecular complexity index is 595. The number of carbonyl (C=O) groups is 1. The molecule has 0 spiro atoms. The Morgan fingerprint density at radius 1 is 1.21 bits per heavy atom. The van der Waals surface area contributed by atoms with Crippen LogP contribution in [-0.4, -0.2) is 49.6 Å². The minimum atomic E-state index is 0.147. The molecule has 24 heavy (non-hydrogen) atoms. The lowest BCUT2D eigenvalue weighted by atomic mass is 9.93. The molecule has 1 aromatic carbocycles. The van der Waals surface area contributed by atoms with Gasteiger partial charge in [-0.2, -0.15) is 0 Å². The molecule has 2 saturated heterocycles. The largest absolute Gasteiger partial charge is 0.340 e. The number of carbonyl (C=O) groups excluding carboxylic acids is 1. The average Bonchev–Trinajstić information content (AvgIpc) is 3.11. The van der Waals surface area contributed by atoms with E-state index in [-0.39, 0.29) is 5.91 Å². The number of nitrogens with one attached hydrogen (secondary N) is 3. The van der Waals surface area contributed by atoms with Crippen molar-refractivity contribution >= 4 is 5.91 Å². The van der Waals surface area contributed by atoms with Gasteiger partial charge in [-0.3, -0.25) is 15.6 Å². The van der Waals surface area contributed by atoms with E-state index < -0.39 is 0 Å². The fraction of sp³-hybridized carbons (Fsp3) is 0.632. The molecule has 2 aliphatic heterocycles. The van der Waals surface area contributed by atoms with Gasteiger partial charge >= 0.3 is 0 Å². The van der Waals surface area contributed by atoms with E-state index in [1.165, 1.54) is 18.4 Å². The van der Waals surface area contributed by atoms with Gasteiger partial charge in [-0.1, -0.05) is 18.2 Å². The number of hydrogen-bond acceptors (Lipinski definition) is 4. The molecule has 3 atom stereocenters. The summed E-state index contributed by atoms with van der Waals surface area (Å²) in [5.74, 6) is 1.46. The number of hydrogen-bond donors (Lipinski definition) is 3. The number of nitrogens with zero attached hydrogens (tertiary/aromatic N) is 1. The van der Waals surface area contributed by atoms with Crippen molar-refractivity contribution in [1.29, 1.82) is 0 Å². The summed E-state index contributed by atoms with van der Waals surface area (Å²) < 4.78 is 0. The summed E-state index contributed by atoms with van der Waals surface area (Å²) in [6.07, 6.45) is 4.94. The average molecular weight is 328 g/mol. The van der Waals surface area contributed by atoms with Gasteiger partial charge in [0, 0.05) is 37.8 Å². The van der Waals surface area contributed by atoms with Crippen molar-refractivity contribution in [2.24, 2.45) is 5.92 Å². The van der Waals surface area contributed by atoms with E-state index in [0.29, 0.717) is 18.0 Å². The molecule has 1 saturated carbocycles. The Kier molecular flexibility index (Phi) is 4.57. The van der Waals surface area contributed by atoms with Crippen molar-refractivity contribution in [2.75, 3.05) is 26.7 Å². The second kappa shape index (κ2) is 6.82. The fourth-order valence-corrected chi connectivity index (χ4v) is 4.17. The normalized spacial score (nSPS) is 29.8. The highest BCUT2D eigenvalue weighted by molar-refractivity contribution is 5.95. The van der Waals surface area contributed by atoms with Crippen molar-refractivity contribution in [3.8, 4) is 0 Å². The number of amides is 1. The Morgan fingerprint density at radius 2 is 2.04 bits per heavy atom. The molecule has 130 valence electrons. The monoisotopic (exact) mass is 328 g/mol. The Balaban J connectivity index is 1.41. The molecule has 1 amide bonds. The lowest BCUT2D eigenvalue weighted by molar-refractivity contribution is 0.0781. The van der Waals surface area contributed by atoms with Gasteiger partial charge in [0.2, 0.25) is 0 Å². The van der Waals surface area contributed by atoms with E-state index in [2.05, 4.69) is 22.2 Å². The zero-order valence-corrected chi connectivity index (χ0v) is 14.4. The summed E-state index contributed by atoms with van der Waals surface area (Å²) >= 11 is 0. The number of rotatable bonds is 5. The molecule has 0 radical (unpaired) electrons. The maximum Gasteiger partial charge on any atom is 0.253 e. The van der Waals surface area contributed by atoms with E-state index >= 15 is 0 Å². The quantitative estimate of drug-likeness (QED) is 0.766. The molecule has 3 aliphatic rings. The van der Waals surface area contributed by atoms with Gasteiger partial charge in [-0.15, -0.1) is 0 Å². The van der Waals surface area contributed by atoms with Gasteiger partial charge in [-0.05, 0) is 55.7 Å². The van der Waals surface area contributed by atoms with Crippen LogP contribution in [0, 0.1) is 5.92 Å². The summed E-state index contributed by atoms with van der Waals surface area (Å²) in [5, 5.41) is 3.40. The molecule has 3 fully saturated rings. The molecule has 2 heterocycles. The zero-order valence-electron chi connectivity index (χ0n) is 14.4. The highest BCUT2D eigenvalue weighted by Crippen LogP contribution is 2.35. The Labute approximate surface area is 144 Å². The SMILES string of the molecule is CN(CC1CC(C2CC2)NN1)C(=O)c1ccccc1C1CCNC1. The first-order valence-corrected chi connectivity index (χ1v) is 9.28. The summed E-state index contributed by atoms with van der Waals surface area (Å²) in [7, 11) is 1.93. The minimum absolute atomic E-state index is 0.147. The van der Waals surface area contributed by atoms with E-state index in [1.807, 2.05) is 30.1 Å². The lowest BCUT2D eigenvalue weighted by Gasteiger charge is -2.23. The second-order valence-electron chi connectivity index (χ2n) is 7.63. The van der Waals surface area contributed by atoms with Crippen LogP contribution in [0.3, 0.4) is 0 Å². The smallest absolute Gasteiger partial charge is 0.253 e. The molecule has 1 aliphatic carbocycles. The Hall–Kier alpha value is -1.43. The molecule has 1 aromatic rings. The van der Waals surface area contributed by atoms with Crippen molar-refractivity contribution < 1.29 is 4.79 Å². The summed E-state index contributed by atoms with van der Waals surface area (Å²) in [6, 6.07) is 9.08. The standard InChI is InChI=1S/C19H28N4O/c1-23(12-15-10-18(22-21-15)13-6-7-13)19(24)17-5-3-2-4-16(17)14-8-9-20-11-14/h2-5,13-15,18,20-22H,6-12H2,1H3. The minimum Gasteiger partial charge on any atom is -0.340 e. The molecular weight excluding hydrogens is 300 g/mol. The predicted octanol–water partition coefficient (Wildman–Crippen LogP) is 1.48. The van der Waals surface area contributed by atoms with Gasteiger partial charge in [-0.25, -0.2) is 0 Å². The van der Waals surface area contributed by atoms with Gasteiger partial charge < -0.3 is 10.2 Å². The van der Waals surface area contributed by atoms with Crippen LogP contribution in [0.5, 0.6) is 0 Å². The predicted molar refractivity (Wildman–Crippen MR) is 94.8 cm³/mol. The molecule has 5 heteroatoms. The number of likely N-dealkylation sites (N-methyl/N-ethyl adjacent to an activating group) is 1. The maximum absolute atomic E-state index is 13.0. The third-order valence-electron chi connectivity index (χ3n) is 5.73. The van der Waals surface area contributed by atoms with Crippen LogP contribution in [0.2, 0.25) is 0 Å². The summed E-state index contributed by atoms with van der Waals surface area (Å²) in [6.45, 7) is 2.78. The van der Waals surface area contributed by atoms with Crippen LogP contribution >= 0.6 is 0 Å². The number of benzene rings is 1. The van der Waals surface area contributed by atoms with Gasteiger partial charge in [0.05, 0.1) is 0 Å². The van der Waals surface area contributed by atoms with E-state index in [1.54, 1.807) is 0 Å². The molecule has 3 N–H and O–H groups in total. The third-order valence-corrected chi connectivity index (χ3v) is 5.73. The van der Waals surface area contributed by atoms with Crippen molar-refractivity contribution in [1.82, 2.24) is 21.1 Å². The van der Waals surface area contributed by atoms with E-state index in [0.717, 1.165) is 44.0 Å². The van der Waals surface area contributed by atoms with E-state index in [9.17, 15) is 4.79 Å². The maximum atomic E-state index is 13.0. The molecule has 0 aromatic heterocycles. The summed E-state index contributed by atoms with van der Waals surface area (Å²) in [4.78, 5) is 14.9. The first-order chi connectivity index (χ1) is 11.7. The van der Waals surface area contributed by atoms with Crippen LogP contribution in [-0.2, 0) is 0 Å². The number of hydrazine groups is 1. The molecule has 5 nitrogen and oxygen atoms in total. The van der Waals surface area contributed by atoms with Gasteiger partial charge in [0.15, 0.2) is 0 Å².